The molecule has 0 aliphatic carbocycles. The molecule has 10 heavy (non-hydrogen) atoms. The maximum Gasteiger partial charge on any atom is 0.345 e. The van der Waals surface area contributed by atoms with Crippen LogP contribution in [0.25, 0.3) is 0 Å². The molecule has 0 fully saturated rings. The van der Waals surface area contributed by atoms with E-state index in [1.807, 2.05) is 0 Å². The fraction of sp³-hybridized carbons (Fsp3) is 0.333. The standard InChI is InChI=1S/C6H9N3O/c1-3-4-9-5-7-8(2)6(9)10/h3,5H,1,4H2,2H3. The number of aromatic nitrogens is 3. The maximum atomic E-state index is 11.0. The summed E-state index contributed by atoms with van der Waals surface area (Å²) in [4.78, 5) is 11.0. The summed E-state index contributed by atoms with van der Waals surface area (Å²) < 4.78 is 2.76. The summed E-state index contributed by atoms with van der Waals surface area (Å²) in [5.41, 5.74) is -0.111. The quantitative estimate of drug-likeness (QED) is 0.531. The third kappa shape index (κ3) is 1.00. The largest absolute Gasteiger partial charge is 0.345 e. The van der Waals surface area contributed by atoms with E-state index in [0.717, 1.165) is 0 Å². The highest BCUT2D eigenvalue weighted by Gasteiger charge is 1.95. The molecule has 0 atom stereocenters. The fourth-order valence-corrected chi connectivity index (χ4v) is 0.689. The molecule has 0 N–H and O–H groups in total. The van der Waals surface area contributed by atoms with E-state index < -0.39 is 0 Å². The maximum absolute atomic E-state index is 11.0. The number of hydrogen-bond acceptors (Lipinski definition) is 2. The van der Waals surface area contributed by atoms with Gasteiger partial charge in [-0.05, 0) is 0 Å². The molecule has 0 saturated carbocycles. The molecule has 0 bridgehead atoms. The molecular formula is C6H9N3O. The molecule has 1 aromatic rings. The predicted octanol–water partition coefficient (Wildman–Crippen LogP) is -0.232. The van der Waals surface area contributed by atoms with Crippen LogP contribution in [-0.2, 0) is 13.6 Å². The number of nitrogens with zero attached hydrogens (tertiary/aromatic N) is 3. The van der Waals surface area contributed by atoms with Gasteiger partial charge in [0.2, 0.25) is 0 Å². The van der Waals surface area contributed by atoms with E-state index in [1.165, 1.54) is 15.6 Å². The lowest BCUT2D eigenvalue weighted by molar-refractivity contribution is 0.698. The zero-order chi connectivity index (χ0) is 7.56. The Labute approximate surface area is 58.4 Å². The van der Waals surface area contributed by atoms with Crippen molar-refractivity contribution < 1.29 is 0 Å². The monoisotopic (exact) mass is 139 g/mol. The van der Waals surface area contributed by atoms with Crippen molar-refractivity contribution in [2.75, 3.05) is 0 Å². The van der Waals surface area contributed by atoms with Crippen LogP contribution in [-0.4, -0.2) is 14.3 Å². The summed E-state index contributed by atoms with van der Waals surface area (Å²) in [7, 11) is 1.61. The summed E-state index contributed by atoms with van der Waals surface area (Å²) in [6.07, 6.45) is 3.15. The molecule has 0 unspecified atom stereocenters. The molecule has 0 spiro atoms. The minimum absolute atomic E-state index is 0.111. The summed E-state index contributed by atoms with van der Waals surface area (Å²) in [6.45, 7) is 4.03. The fourth-order valence-electron chi connectivity index (χ4n) is 0.689. The lowest BCUT2D eigenvalue weighted by atomic mass is 10.6. The SMILES string of the molecule is C=CCn1cnn(C)c1=O. The molecule has 0 aromatic carbocycles. The molecule has 0 aliphatic heterocycles. The van der Waals surface area contributed by atoms with Crippen LogP contribution in [0.4, 0.5) is 0 Å². The van der Waals surface area contributed by atoms with Crippen molar-refractivity contribution in [1.82, 2.24) is 14.3 Å². The van der Waals surface area contributed by atoms with E-state index >= 15 is 0 Å². The second-order valence-electron chi connectivity index (χ2n) is 1.98. The Kier molecular flexibility index (Phi) is 1.71. The van der Waals surface area contributed by atoms with Gasteiger partial charge in [-0.15, -0.1) is 6.58 Å². The highest BCUT2D eigenvalue weighted by atomic mass is 16.2. The number of hydrogen-bond donors (Lipinski definition) is 0. The van der Waals surface area contributed by atoms with Crippen LogP contribution in [0.1, 0.15) is 0 Å². The van der Waals surface area contributed by atoms with Crippen molar-refractivity contribution in [3.8, 4) is 0 Å². The normalized spacial score (nSPS) is 9.70. The van der Waals surface area contributed by atoms with Gasteiger partial charge in [-0.25, -0.2) is 9.48 Å². The van der Waals surface area contributed by atoms with Gasteiger partial charge in [0, 0.05) is 13.6 Å². The van der Waals surface area contributed by atoms with Gasteiger partial charge >= 0.3 is 5.69 Å². The zero-order valence-corrected chi connectivity index (χ0v) is 5.82. The van der Waals surface area contributed by atoms with Crippen LogP contribution < -0.4 is 5.69 Å². The molecule has 1 rings (SSSR count). The summed E-state index contributed by atoms with van der Waals surface area (Å²) in [6, 6.07) is 0. The first-order valence-electron chi connectivity index (χ1n) is 2.95. The Morgan fingerprint density at radius 2 is 2.60 bits per heavy atom. The molecule has 1 heterocycles. The van der Waals surface area contributed by atoms with Crippen molar-refractivity contribution in [1.29, 1.82) is 0 Å². The van der Waals surface area contributed by atoms with Gasteiger partial charge in [-0.3, -0.25) is 4.57 Å². The smallest absolute Gasteiger partial charge is 0.278 e. The predicted molar refractivity (Wildman–Crippen MR) is 37.7 cm³/mol. The first-order valence-corrected chi connectivity index (χ1v) is 2.95. The minimum Gasteiger partial charge on any atom is -0.278 e. The van der Waals surface area contributed by atoms with E-state index in [4.69, 9.17) is 0 Å². The molecule has 0 saturated heterocycles. The Morgan fingerprint density at radius 1 is 1.90 bits per heavy atom. The number of rotatable bonds is 2. The topological polar surface area (TPSA) is 39.8 Å². The lowest BCUT2D eigenvalue weighted by Gasteiger charge is -1.89. The molecular weight excluding hydrogens is 130 g/mol. The number of aryl methyl sites for hydroxylation is 1. The Bertz CT molecular complexity index is 283. The molecule has 54 valence electrons. The van der Waals surface area contributed by atoms with Crippen LogP contribution in [0.15, 0.2) is 23.8 Å². The molecule has 1 aromatic heterocycles. The summed E-state index contributed by atoms with van der Waals surface area (Å²) >= 11 is 0. The van der Waals surface area contributed by atoms with Crippen LogP contribution >= 0.6 is 0 Å². The van der Waals surface area contributed by atoms with Gasteiger partial charge in [-0.2, -0.15) is 5.10 Å². The van der Waals surface area contributed by atoms with Crippen LogP contribution in [0.3, 0.4) is 0 Å². The second-order valence-corrected chi connectivity index (χ2v) is 1.98. The second kappa shape index (κ2) is 2.51. The van der Waals surface area contributed by atoms with E-state index in [2.05, 4.69) is 11.7 Å². The Morgan fingerprint density at radius 3 is 3.00 bits per heavy atom. The van der Waals surface area contributed by atoms with E-state index in [1.54, 1.807) is 13.1 Å². The molecule has 4 heteroatoms. The lowest BCUT2D eigenvalue weighted by Crippen LogP contribution is -2.21. The molecule has 0 radical (unpaired) electrons. The zero-order valence-electron chi connectivity index (χ0n) is 5.82. The van der Waals surface area contributed by atoms with Gasteiger partial charge < -0.3 is 0 Å². The molecule has 0 aliphatic rings. The van der Waals surface area contributed by atoms with Crippen LogP contribution in [0.5, 0.6) is 0 Å². The van der Waals surface area contributed by atoms with Crippen molar-refractivity contribution in [3.63, 3.8) is 0 Å². The van der Waals surface area contributed by atoms with E-state index in [0.29, 0.717) is 6.54 Å². The number of allylic oxidation sites excluding steroid dienone is 1. The summed E-state index contributed by atoms with van der Waals surface area (Å²) in [5.74, 6) is 0. The highest BCUT2D eigenvalue weighted by Crippen LogP contribution is 1.76. The van der Waals surface area contributed by atoms with Gasteiger partial charge in [0.25, 0.3) is 0 Å². The molecule has 0 amide bonds. The van der Waals surface area contributed by atoms with Gasteiger partial charge in [0.1, 0.15) is 6.33 Å². The minimum atomic E-state index is -0.111. The highest BCUT2D eigenvalue weighted by molar-refractivity contribution is 4.73. The molecule has 4 nitrogen and oxygen atoms in total. The Hall–Kier alpha value is -1.32. The van der Waals surface area contributed by atoms with E-state index in [9.17, 15) is 4.79 Å². The first-order chi connectivity index (χ1) is 4.75. The average molecular weight is 139 g/mol. The van der Waals surface area contributed by atoms with Gasteiger partial charge in [0.05, 0.1) is 0 Å². The summed E-state index contributed by atoms with van der Waals surface area (Å²) in [5, 5.41) is 3.75. The van der Waals surface area contributed by atoms with Gasteiger partial charge in [0.15, 0.2) is 0 Å². The van der Waals surface area contributed by atoms with E-state index in [-0.39, 0.29) is 5.69 Å². The van der Waals surface area contributed by atoms with Crippen LogP contribution in [0, 0.1) is 0 Å². The third-order valence-electron chi connectivity index (χ3n) is 1.21. The Balaban J connectivity index is 3.05. The van der Waals surface area contributed by atoms with Crippen molar-refractivity contribution in [2.24, 2.45) is 7.05 Å². The average Bonchev–Trinajstić information content (AvgIpc) is 2.20. The van der Waals surface area contributed by atoms with Crippen molar-refractivity contribution >= 4 is 0 Å². The van der Waals surface area contributed by atoms with Gasteiger partial charge in [-0.1, -0.05) is 6.08 Å². The third-order valence-corrected chi connectivity index (χ3v) is 1.21. The van der Waals surface area contributed by atoms with Crippen molar-refractivity contribution in [3.05, 3.63) is 29.5 Å². The van der Waals surface area contributed by atoms with Crippen LogP contribution in [0.2, 0.25) is 0 Å². The van der Waals surface area contributed by atoms with Crippen molar-refractivity contribution in [2.45, 2.75) is 6.54 Å². The first kappa shape index (κ1) is 6.80.